The molecule has 0 aliphatic rings. The molecule has 8 rings (SSSR count). The molecule has 0 saturated heterocycles. The molecule has 0 aliphatic heterocycles. The van der Waals surface area contributed by atoms with Crippen LogP contribution in [0.15, 0.2) is 176 Å². The van der Waals surface area contributed by atoms with Crippen molar-refractivity contribution < 1.29 is 8.78 Å². The molecule has 2 heterocycles. The molecule has 0 N–H and O–H groups in total. The highest BCUT2D eigenvalue weighted by atomic mass is 19.1. The van der Waals surface area contributed by atoms with E-state index in [0.29, 0.717) is 5.52 Å². The Kier molecular flexibility index (Phi) is 7.92. The Hall–Kier alpha value is -6.46. The SMILES string of the molecule is Fc1cccc(-c2ccccc2N(c2ccccc2-c2cccc(F)c2)c2ccnc3c(-c4ccccc4)cc(-c4ccccc4)nc23)c1. The van der Waals surface area contributed by atoms with Gasteiger partial charge < -0.3 is 4.90 Å². The van der Waals surface area contributed by atoms with E-state index in [1.807, 2.05) is 103 Å². The van der Waals surface area contributed by atoms with Gasteiger partial charge in [-0.05, 0) is 65.2 Å². The summed E-state index contributed by atoms with van der Waals surface area (Å²) in [7, 11) is 0. The third-order valence-corrected chi connectivity index (χ3v) is 8.63. The van der Waals surface area contributed by atoms with E-state index in [1.165, 1.54) is 12.1 Å². The van der Waals surface area contributed by atoms with Crippen molar-refractivity contribution >= 4 is 28.1 Å². The second kappa shape index (κ2) is 13.0. The maximum atomic E-state index is 14.7. The van der Waals surface area contributed by atoms with Gasteiger partial charge in [0.15, 0.2) is 0 Å². The number of anilines is 3. The van der Waals surface area contributed by atoms with Crippen LogP contribution in [0.5, 0.6) is 0 Å². The summed E-state index contributed by atoms with van der Waals surface area (Å²) in [5.74, 6) is -0.648. The summed E-state index contributed by atoms with van der Waals surface area (Å²) in [4.78, 5) is 12.4. The van der Waals surface area contributed by atoms with Gasteiger partial charge in [0.2, 0.25) is 0 Å². The average Bonchev–Trinajstić information content (AvgIpc) is 3.16. The first kappa shape index (κ1) is 29.9. The normalized spacial score (nSPS) is 11.1. The minimum absolute atomic E-state index is 0.324. The van der Waals surface area contributed by atoms with Crippen LogP contribution in [0, 0.1) is 11.6 Å². The topological polar surface area (TPSA) is 29.0 Å². The van der Waals surface area contributed by atoms with Gasteiger partial charge in [0.05, 0.1) is 28.3 Å². The quantitative estimate of drug-likeness (QED) is 0.174. The standard InChI is InChI=1S/C44H29F2N3/c45-34-19-11-17-32(27-34)36-21-7-9-23-40(36)49(41-24-10-8-22-37(41)33-18-12-20-35(46)28-33)42-25-26-47-43-38(30-13-3-1-4-14-30)29-39(48-44(42)43)31-15-5-2-6-16-31/h1-29H. The first-order chi connectivity index (χ1) is 24.1. The molecule has 0 bridgehead atoms. The number of halogens is 2. The van der Waals surface area contributed by atoms with Crippen LogP contribution in [0.3, 0.4) is 0 Å². The molecule has 0 aliphatic carbocycles. The minimum atomic E-state index is -0.324. The highest BCUT2D eigenvalue weighted by Crippen LogP contribution is 2.47. The molecule has 0 spiro atoms. The number of rotatable bonds is 7. The van der Waals surface area contributed by atoms with Crippen molar-refractivity contribution in [1.29, 1.82) is 0 Å². The zero-order chi connectivity index (χ0) is 33.2. The molecule has 234 valence electrons. The van der Waals surface area contributed by atoms with Gasteiger partial charge in [0.25, 0.3) is 0 Å². The first-order valence-electron chi connectivity index (χ1n) is 16.0. The van der Waals surface area contributed by atoms with Gasteiger partial charge in [0.1, 0.15) is 17.2 Å². The fraction of sp³-hybridized carbons (Fsp3) is 0. The minimum Gasteiger partial charge on any atom is -0.307 e. The molecule has 0 fully saturated rings. The molecule has 5 heteroatoms. The van der Waals surface area contributed by atoms with E-state index in [0.717, 1.165) is 67.2 Å². The molecular weight excluding hydrogens is 609 g/mol. The lowest BCUT2D eigenvalue weighted by Crippen LogP contribution is -2.14. The summed E-state index contributed by atoms with van der Waals surface area (Å²) >= 11 is 0. The van der Waals surface area contributed by atoms with Crippen LogP contribution >= 0.6 is 0 Å². The maximum absolute atomic E-state index is 14.7. The average molecular weight is 638 g/mol. The van der Waals surface area contributed by atoms with Crippen LogP contribution in [0.2, 0.25) is 0 Å². The van der Waals surface area contributed by atoms with Crippen molar-refractivity contribution in [3.05, 3.63) is 188 Å². The molecule has 0 unspecified atom stereocenters. The molecule has 8 aromatic rings. The third-order valence-electron chi connectivity index (χ3n) is 8.63. The zero-order valence-corrected chi connectivity index (χ0v) is 26.3. The van der Waals surface area contributed by atoms with E-state index < -0.39 is 0 Å². The Bertz CT molecular complexity index is 2340. The molecule has 0 saturated carbocycles. The zero-order valence-electron chi connectivity index (χ0n) is 26.3. The fourth-order valence-electron chi connectivity index (χ4n) is 6.41. The lowest BCUT2D eigenvalue weighted by atomic mass is 9.97. The van der Waals surface area contributed by atoms with Crippen molar-refractivity contribution in [3.63, 3.8) is 0 Å². The predicted octanol–water partition coefficient (Wildman–Crippen LogP) is 12.0. The molecule has 3 nitrogen and oxygen atoms in total. The van der Waals surface area contributed by atoms with E-state index in [2.05, 4.69) is 35.2 Å². The van der Waals surface area contributed by atoms with Crippen molar-refractivity contribution in [1.82, 2.24) is 9.97 Å². The molecule has 2 aromatic heterocycles. The van der Waals surface area contributed by atoms with Crippen LogP contribution in [-0.4, -0.2) is 9.97 Å². The fourth-order valence-corrected chi connectivity index (χ4v) is 6.41. The summed E-state index contributed by atoms with van der Waals surface area (Å²) in [5.41, 5.74) is 10.6. The Morgan fingerprint density at radius 3 is 1.47 bits per heavy atom. The van der Waals surface area contributed by atoms with Gasteiger partial charge in [-0.2, -0.15) is 0 Å². The van der Waals surface area contributed by atoms with Gasteiger partial charge >= 0.3 is 0 Å². The third kappa shape index (κ3) is 5.83. The molecule has 0 atom stereocenters. The van der Waals surface area contributed by atoms with Crippen LogP contribution in [0.1, 0.15) is 0 Å². The number of para-hydroxylation sites is 2. The number of nitrogens with zero attached hydrogens (tertiary/aromatic N) is 3. The van der Waals surface area contributed by atoms with Crippen LogP contribution in [-0.2, 0) is 0 Å². The number of fused-ring (bicyclic) bond motifs is 1. The highest BCUT2D eigenvalue weighted by Gasteiger charge is 2.24. The summed E-state index contributed by atoms with van der Waals surface area (Å²) < 4.78 is 29.4. The van der Waals surface area contributed by atoms with Crippen molar-refractivity contribution in [2.24, 2.45) is 0 Å². The van der Waals surface area contributed by atoms with Crippen molar-refractivity contribution in [2.75, 3.05) is 4.90 Å². The first-order valence-corrected chi connectivity index (χ1v) is 16.0. The Balaban J connectivity index is 1.48. The van der Waals surface area contributed by atoms with Gasteiger partial charge in [-0.3, -0.25) is 4.98 Å². The monoisotopic (exact) mass is 637 g/mol. The van der Waals surface area contributed by atoms with Crippen molar-refractivity contribution in [2.45, 2.75) is 0 Å². The lowest BCUT2D eigenvalue weighted by molar-refractivity contribution is 0.628. The summed E-state index contributed by atoms with van der Waals surface area (Å²) in [6, 6.07) is 53.4. The van der Waals surface area contributed by atoms with E-state index in [9.17, 15) is 8.78 Å². The molecule has 6 aromatic carbocycles. The summed E-state index contributed by atoms with van der Waals surface area (Å²) in [6.45, 7) is 0. The van der Waals surface area contributed by atoms with Crippen LogP contribution < -0.4 is 4.90 Å². The van der Waals surface area contributed by atoms with Gasteiger partial charge in [-0.1, -0.05) is 121 Å². The molecule has 0 radical (unpaired) electrons. The van der Waals surface area contributed by atoms with E-state index in [1.54, 1.807) is 30.5 Å². The summed E-state index contributed by atoms with van der Waals surface area (Å²) in [6.07, 6.45) is 1.80. The number of aromatic nitrogens is 2. The van der Waals surface area contributed by atoms with E-state index in [-0.39, 0.29) is 11.6 Å². The smallest absolute Gasteiger partial charge is 0.123 e. The predicted molar refractivity (Wildman–Crippen MR) is 196 cm³/mol. The van der Waals surface area contributed by atoms with E-state index >= 15 is 0 Å². The van der Waals surface area contributed by atoms with Gasteiger partial charge in [-0.25, -0.2) is 13.8 Å². The van der Waals surface area contributed by atoms with E-state index in [4.69, 9.17) is 9.97 Å². The van der Waals surface area contributed by atoms with Crippen LogP contribution in [0.4, 0.5) is 25.8 Å². The Morgan fingerprint density at radius 1 is 0.388 bits per heavy atom. The molecular formula is C44H29F2N3. The second-order valence-electron chi connectivity index (χ2n) is 11.7. The van der Waals surface area contributed by atoms with Gasteiger partial charge in [-0.15, -0.1) is 0 Å². The number of hydrogen-bond donors (Lipinski definition) is 0. The number of hydrogen-bond acceptors (Lipinski definition) is 3. The molecule has 49 heavy (non-hydrogen) atoms. The highest BCUT2D eigenvalue weighted by molar-refractivity contribution is 6.05. The van der Waals surface area contributed by atoms with Gasteiger partial charge in [0, 0.05) is 28.5 Å². The second-order valence-corrected chi connectivity index (χ2v) is 11.7. The van der Waals surface area contributed by atoms with Crippen molar-refractivity contribution in [3.8, 4) is 44.6 Å². The Morgan fingerprint density at radius 2 is 0.898 bits per heavy atom. The largest absolute Gasteiger partial charge is 0.307 e. The van der Waals surface area contributed by atoms with Crippen LogP contribution in [0.25, 0.3) is 55.7 Å². The summed E-state index contributed by atoms with van der Waals surface area (Å²) in [5, 5.41) is 0. The Labute approximate surface area is 283 Å². The lowest BCUT2D eigenvalue weighted by Gasteiger charge is -2.30. The molecule has 0 amide bonds. The number of pyridine rings is 2. The number of benzene rings is 6. The maximum Gasteiger partial charge on any atom is 0.123 e.